The second-order valence-corrected chi connectivity index (χ2v) is 7.54. The Morgan fingerprint density at radius 2 is 1.84 bits per heavy atom. The highest BCUT2D eigenvalue weighted by Crippen LogP contribution is 2.26. The van der Waals surface area contributed by atoms with Gasteiger partial charge in [0.25, 0.3) is 5.91 Å². The minimum atomic E-state index is -0.538. The van der Waals surface area contributed by atoms with Crippen molar-refractivity contribution in [1.82, 2.24) is 14.9 Å². The van der Waals surface area contributed by atoms with E-state index in [1.807, 2.05) is 12.1 Å². The van der Waals surface area contributed by atoms with E-state index >= 15 is 0 Å². The van der Waals surface area contributed by atoms with E-state index in [1.165, 1.54) is 11.8 Å². The minimum absolute atomic E-state index is 0.325. The number of para-hydroxylation sites is 1. The summed E-state index contributed by atoms with van der Waals surface area (Å²) in [5, 5.41) is 6.57. The van der Waals surface area contributed by atoms with Crippen molar-refractivity contribution < 1.29 is 9.53 Å². The summed E-state index contributed by atoms with van der Waals surface area (Å²) in [6.45, 7) is 4.37. The first-order valence-corrected chi connectivity index (χ1v) is 10.3. The van der Waals surface area contributed by atoms with Gasteiger partial charge in [0, 0.05) is 25.3 Å². The molecule has 0 bridgehead atoms. The topological polar surface area (TPSA) is 105 Å². The number of nitrogens with two attached hydrogens (primary N) is 1. The third-order valence-electron chi connectivity index (χ3n) is 4.91. The van der Waals surface area contributed by atoms with Crippen molar-refractivity contribution in [3.05, 3.63) is 70.9 Å². The van der Waals surface area contributed by atoms with Crippen LogP contribution in [0.5, 0.6) is 0 Å². The van der Waals surface area contributed by atoms with Crippen LogP contribution in [0.25, 0.3) is 0 Å². The molecule has 0 radical (unpaired) electrons. The number of nitrogens with zero attached hydrogens (tertiary/aromatic N) is 3. The number of carbonyl (C=O) groups is 1. The molecule has 0 unspecified atom stereocenters. The highest BCUT2D eigenvalue weighted by atomic mass is 35.5. The second-order valence-electron chi connectivity index (χ2n) is 7.14. The zero-order chi connectivity index (χ0) is 21.6. The summed E-state index contributed by atoms with van der Waals surface area (Å²) in [6, 6.07) is 15.0. The zero-order valence-corrected chi connectivity index (χ0v) is 17.6. The number of nitrogens with one attached hydrogen (secondary N) is 2. The third kappa shape index (κ3) is 5.49. The van der Waals surface area contributed by atoms with E-state index in [-0.39, 0.29) is 0 Å². The molecule has 0 spiro atoms. The molecule has 1 fully saturated rings. The number of rotatable bonds is 7. The fourth-order valence-corrected chi connectivity index (χ4v) is 3.43. The predicted octanol–water partition coefficient (Wildman–Crippen LogP) is 3.55. The van der Waals surface area contributed by atoms with Crippen molar-refractivity contribution in [3.63, 3.8) is 0 Å². The molecule has 4 N–H and O–H groups in total. The second kappa shape index (κ2) is 9.74. The summed E-state index contributed by atoms with van der Waals surface area (Å²) >= 11 is 6.25. The summed E-state index contributed by atoms with van der Waals surface area (Å²) < 4.78 is 5.39. The maximum atomic E-state index is 11.7. The van der Waals surface area contributed by atoms with Crippen molar-refractivity contribution in [1.29, 1.82) is 0 Å². The number of ether oxygens (including phenoxy) is 1. The van der Waals surface area contributed by atoms with E-state index in [9.17, 15) is 4.79 Å². The highest BCUT2D eigenvalue weighted by molar-refractivity contribution is 6.33. The van der Waals surface area contributed by atoms with Crippen LogP contribution < -0.4 is 16.4 Å². The molecule has 2 aromatic carbocycles. The van der Waals surface area contributed by atoms with Gasteiger partial charge in [-0.2, -0.15) is 4.98 Å². The molecule has 3 aromatic rings. The molecule has 9 heteroatoms. The fraction of sp³-hybridized carbons (Fsp3) is 0.227. The van der Waals surface area contributed by atoms with Gasteiger partial charge in [-0.15, -0.1) is 0 Å². The van der Waals surface area contributed by atoms with Crippen LogP contribution in [0.2, 0.25) is 5.02 Å². The molecule has 4 rings (SSSR count). The van der Waals surface area contributed by atoms with E-state index in [0.717, 1.165) is 38.5 Å². The largest absolute Gasteiger partial charge is 0.379 e. The van der Waals surface area contributed by atoms with Gasteiger partial charge < -0.3 is 21.1 Å². The maximum Gasteiger partial charge on any atom is 0.250 e. The molecule has 1 aromatic heterocycles. The summed E-state index contributed by atoms with van der Waals surface area (Å²) in [4.78, 5) is 22.7. The van der Waals surface area contributed by atoms with Gasteiger partial charge in [-0.25, -0.2) is 4.98 Å². The van der Waals surface area contributed by atoms with Gasteiger partial charge in [0.05, 0.1) is 30.7 Å². The summed E-state index contributed by atoms with van der Waals surface area (Å²) in [5.74, 6) is 0.213. The van der Waals surface area contributed by atoms with E-state index in [4.69, 9.17) is 22.1 Å². The number of hydrogen-bond donors (Lipinski definition) is 3. The lowest BCUT2D eigenvalue weighted by Crippen LogP contribution is -2.35. The molecule has 0 saturated carbocycles. The Bertz CT molecular complexity index is 1050. The smallest absolute Gasteiger partial charge is 0.250 e. The third-order valence-corrected chi connectivity index (χ3v) is 5.19. The number of aromatic nitrogens is 2. The quantitative estimate of drug-likeness (QED) is 0.518. The Kier molecular flexibility index (Phi) is 6.61. The molecule has 1 saturated heterocycles. The average Bonchev–Trinajstić information content (AvgIpc) is 2.78. The number of halogens is 1. The van der Waals surface area contributed by atoms with Gasteiger partial charge in [-0.3, -0.25) is 9.69 Å². The van der Waals surface area contributed by atoms with Gasteiger partial charge in [0.2, 0.25) is 5.95 Å². The number of morpholine rings is 1. The van der Waals surface area contributed by atoms with Crippen LogP contribution in [0.1, 0.15) is 15.9 Å². The Morgan fingerprint density at radius 3 is 2.58 bits per heavy atom. The normalized spacial score (nSPS) is 14.2. The molecule has 0 atom stereocenters. The van der Waals surface area contributed by atoms with Gasteiger partial charge in [-0.05, 0) is 29.8 Å². The first kappa shape index (κ1) is 21.0. The number of amides is 1. The van der Waals surface area contributed by atoms with Crippen LogP contribution >= 0.6 is 11.6 Å². The first-order valence-electron chi connectivity index (χ1n) is 9.93. The van der Waals surface area contributed by atoms with Crippen LogP contribution in [-0.4, -0.2) is 47.1 Å². The van der Waals surface area contributed by atoms with Gasteiger partial charge in [-0.1, -0.05) is 35.9 Å². The summed E-state index contributed by atoms with van der Waals surface area (Å²) in [5.41, 5.74) is 8.40. The monoisotopic (exact) mass is 438 g/mol. The van der Waals surface area contributed by atoms with Gasteiger partial charge in [0.1, 0.15) is 5.02 Å². The minimum Gasteiger partial charge on any atom is -0.379 e. The average molecular weight is 439 g/mol. The summed E-state index contributed by atoms with van der Waals surface area (Å²) in [6.07, 6.45) is 1.50. The van der Waals surface area contributed by atoms with Crippen molar-refractivity contribution in [2.75, 3.05) is 36.9 Å². The Hall–Kier alpha value is -3.20. The Labute approximate surface area is 185 Å². The van der Waals surface area contributed by atoms with Gasteiger partial charge >= 0.3 is 0 Å². The molecule has 0 aliphatic carbocycles. The maximum absolute atomic E-state index is 11.7. The molecule has 31 heavy (non-hydrogen) atoms. The molecule has 1 amide bonds. The Balaban J connectivity index is 1.45. The van der Waals surface area contributed by atoms with Crippen LogP contribution in [0.4, 0.5) is 23.1 Å². The standard InChI is InChI=1S/C22H23ClN6O2/c23-18-13-25-22(28-21(18)27-19-4-2-1-3-17(19)20(24)30)26-16-7-5-15(6-8-16)14-29-9-11-31-12-10-29/h1-8,13H,9-12,14H2,(H2,24,30)(H2,25,26,27,28). The van der Waals surface area contributed by atoms with E-state index < -0.39 is 5.91 Å². The van der Waals surface area contributed by atoms with Crippen molar-refractivity contribution >= 4 is 40.6 Å². The number of primary amides is 1. The molecule has 1 aliphatic rings. The zero-order valence-electron chi connectivity index (χ0n) is 16.8. The lowest BCUT2D eigenvalue weighted by Gasteiger charge is -2.26. The summed E-state index contributed by atoms with van der Waals surface area (Å²) in [7, 11) is 0. The fourth-order valence-electron chi connectivity index (χ4n) is 3.29. The number of hydrogen-bond acceptors (Lipinski definition) is 7. The lowest BCUT2D eigenvalue weighted by molar-refractivity contribution is 0.0342. The van der Waals surface area contributed by atoms with E-state index in [2.05, 4.69) is 37.6 Å². The Morgan fingerprint density at radius 1 is 1.10 bits per heavy atom. The van der Waals surface area contributed by atoms with Crippen LogP contribution in [-0.2, 0) is 11.3 Å². The van der Waals surface area contributed by atoms with Crippen molar-refractivity contribution in [3.8, 4) is 0 Å². The SMILES string of the molecule is NC(=O)c1ccccc1Nc1nc(Nc2ccc(CN3CCOCC3)cc2)ncc1Cl. The molecule has 8 nitrogen and oxygen atoms in total. The lowest BCUT2D eigenvalue weighted by atomic mass is 10.1. The number of benzene rings is 2. The highest BCUT2D eigenvalue weighted by Gasteiger charge is 2.12. The first-order chi connectivity index (χ1) is 15.1. The van der Waals surface area contributed by atoms with Gasteiger partial charge in [0.15, 0.2) is 5.82 Å². The number of anilines is 4. The predicted molar refractivity (Wildman–Crippen MR) is 121 cm³/mol. The van der Waals surface area contributed by atoms with Crippen molar-refractivity contribution in [2.45, 2.75) is 6.54 Å². The van der Waals surface area contributed by atoms with E-state index in [1.54, 1.807) is 24.3 Å². The van der Waals surface area contributed by atoms with E-state index in [0.29, 0.717) is 28.0 Å². The molecule has 2 heterocycles. The van der Waals surface area contributed by atoms with Crippen LogP contribution in [0, 0.1) is 0 Å². The molecule has 1 aliphatic heterocycles. The molecular formula is C22H23ClN6O2. The molecular weight excluding hydrogens is 416 g/mol. The van der Waals surface area contributed by atoms with Crippen LogP contribution in [0.15, 0.2) is 54.7 Å². The molecule has 160 valence electrons. The number of carbonyl (C=O) groups excluding carboxylic acids is 1. The van der Waals surface area contributed by atoms with Crippen molar-refractivity contribution in [2.24, 2.45) is 5.73 Å². The van der Waals surface area contributed by atoms with Crippen LogP contribution in [0.3, 0.4) is 0 Å².